The summed E-state index contributed by atoms with van der Waals surface area (Å²) in [6.07, 6.45) is 2.79. The second-order valence-electron chi connectivity index (χ2n) is 3.65. The zero-order valence-corrected chi connectivity index (χ0v) is 8.73. The molecule has 1 aliphatic heterocycles. The fourth-order valence-electron chi connectivity index (χ4n) is 1.70. The Balaban J connectivity index is 2.16. The highest BCUT2D eigenvalue weighted by molar-refractivity contribution is 8.77. The molecule has 2 aliphatic rings. The van der Waals surface area contributed by atoms with E-state index in [0.717, 1.165) is 11.2 Å². The van der Waals surface area contributed by atoms with Gasteiger partial charge >= 0.3 is 0 Å². The van der Waals surface area contributed by atoms with Gasteiger partial charge in [0.25, 0.3) is 0 Å². The summed E-state index contributed by atoms with van der Waals surface area (Å²) in [7, 11) is 4.15. The van der Waals surface area contributed by atoms with Crippen molar-refractivity contribution in [1.82, 2.24) is 0 Å². The molecular formula is C9H14S2. The minimum Gasteiger partial charge on any atom is -0.0891 e. The lowest BCUT2D eigenvalue weighted by Crippen LogP contribution is -2.24. The molecule has 62 valence electrons. The molecule has 2 heteroatoms. The predicted molar refractivity (Wildman–Crippen MR) is 54.9 cm³/mol. The summed E-state index contributed by atoms with van der Waals surface area (Å²) < 4.78 is 0. The molecule has 0 aromatic rings. The molecule has 0 N–H and O–H groups in total. The molecule has 2 rings (SSSR count). The highest BCUT2D eigenvalue weighted by Gasteiger charge is 2.31. The molecule has 1 unspecified atom stereocenters. The molecule has 11 heavy (non-hydrogen) atoms. The summed E-state index contributed by atoms with van der Waals surface area (Å²) in [5, 5.41) is 0.845. The van der Waals surface area contributed by atoms with E-state index < -0.39 is 0 Å². The van der Waals surface area contributed by atoms with Crippen molar-refractivity contribution in [3.63, 3.8) is 0 Å². The third-order valence-electron chi connectivity index (χ3n) is 2.50. The molecule has 1 heterocycles. The van der Waals surface area contributed by atoms with Gasteiger partial charge in [-0.25, -0.2) is 0 Å². The minimum atomic E-state index is 0.832. The molecule has 1 aliphatic carbocycles. The lowest BCUT2D eigenvalue weighted by molar-refractivity contribution is 0.606. The van der Waals surface area contributed by atoms with Crippen molar-refractivity contribution in [1.29, 1.82) is 0 Å². The quantitative estimate of drug-likeness (QED) is 0.454. The third-order valence-corrected chi connectivity index (χ3v) is 5.53. The first-order valence-corrected chi connectivity index (χ1v) is 6.66. The summed E-state index contributed by atoms with van der Waals surface area (Å²) in [6.45, 7) is 4.68. The Morgan fingerprint density at radius 3 is 2.64 bits per heavy atom. The molecular weight excluding hydrogens is 172 g/mol. The zero-order chi connectivity index (χ0) is 7.84. The van der Waals surface area contributed by atoms with E-state index >= 15 is 0 Å². The first-order chi connectivity index (χ1) is 5.29. The van der Waals surface area contributed by atoms with Gasteiger partial charge in [0.1, 0.15) is 0 Å². The summed E-state index contributed by atoms with van der Waals surface area (Å²) >= 11 is 0. The van der Waals surface area contributed by atoms with Crippen molar-refractivity contribution in [3.8, 4) is 0 Å². The molecule has 0 aromatic heterocycles. The normalized spacial score (nSPS) is 30.3. The van der Waals surface area contributed by atoms with Gasteiger partial charge in [0.2, 0.25) is 0 Å². The van der Waals surface area contributed by atoms with Gasteiger partial charge in [-0.15, -0.1) is 0 Å². The van der Waals surface area contributed by atoms with Gasteiger partial charge in [-0.1, -0.05) is 46.6 Å². The van der Waals surface area contributed by atoms with Gasteiger partial charge in [-0.05, 0) is 18.8 Å². The Labute approximate surface area is 76.6 Å². The average Bonchev–Trinajstić information content (AvgIpc) is 1.90. The van der Waals surface area contributed by atoms with Gasteiger partial charge in [0, 0.05) is 11.0 Å². The van der Waals surface area contributed by atoms with Crippen molar-refractivity contribution in [2.45, 2.75) is 31.9 Å². The summed E-state index contributed by atoms with van der Waals surface area (Å²) in [5.74, 6) is 2.14. The van der Waals surface area contributed by atoms with E-state index in [1.54, 1.807) is 11.1 Å². The van der Waals surface area contributed by atoms with Gasteiger partial charge in [0.15, 0.2) is 0 Å². The molecule has 0 spiro atoms. The Kier molecular flexibility index (Phi) is 2.24. The maximum absolute atomic E-state index is 2.34. The highest BCUT2D eigenvalue weighted by atomic mass is 33.1. The van der Waals surface area contributed by atoms with Crippen molar-refractivity contribution in [2.75, 3.05) is 5.75 Å². The second kappa shape index (κ2) is 3.06. The first kappa shape index (κ1) is 8.06. The fourth-order valence-corrected chi connectivity index (χ4v) is 5.10. The van der Waals surface area contributed by atoms with E-state index in [-0.39, 0.29) is 0 Å². The van der Waals surface area contributed by atoms with Crippen LogP contribution in [0.15, 0.2) is 11.1 Å². The molecule has 0 nitrogen and oxygen atoms in total. The summed E-state index contributed by atoms with van der Waals surface area (Å²) in [6, 6.07) is 0. The first-order valence-electron chi connectivity index (χ1n) is 4.28. The van der Waals surface area contributed by atoms with Crippen LogP contribution in [-0.2, 0) is 0 Å². The Bertz CT molecular complexity index is 194. The maximum atomic E-state index is 2.34. The van der Waals surface area contributed by atoms with E-state index in [2.05, 4.69) is 35.4 Å². The van der Waals surface area contributed by atoms with Crippen LogP contribution in [0.5, 0.6) is 0 Å². The molecule has 0 aromatic carbocycles. The van der Waals surface area contributed by atoms with Crippen molar-refractivity contribution >= 4 is 21.6 Å². The second-order valence-corrected chi connectivity index (χ2v) is 6.16. The van der Waals surface area contributed by atoms with Crippen molar-refractivity contribution in [2.24, 2.45) is 5.92 Å². The van der Waals surface area contributed by atoms with Crippen LogP contribution in [0.4, 0.5) is 0 Å². The van der Waals surface area contributed by atoms with Crippen LogP contribution < -0.4 is 0 Å². The lowest BCUT2D eigenvalue weighted by Gasteiger charge is -2.36. The van der Waals surface area contributed by atoms with E-state index in [0.29, 0.717) is 0 Å². The monoisotopic (exact) mass is 186 g/mol. The van der Waals surface area contributed by atoms with Crippen molar-refractivity contribution < 1.29 is 0 Å². The molecule has 0 saturated carbocycles. The topological polar surface area (TPSA) is 0 Å². The largest absolute Gasteiger partial charge is 0.0891 e. The summed E-state index contributed by atoms with van der Waals surface area (Å²) in [5.41, 5.74) is 3.57. The van der Waals surface area contributed by atoms with Gasteiger partial charge in [-0.3, -0.25) is 0 Å². The van der Waals surface area contributed by atoms with Crippen LogP contribution in [-0.4, -0.2) is 11.0 Å². The number of hydrogen-bond donors (Lipinski definition) is 0. The minimum absolute atomic E-state index is 0.832. The van der Waals surface area contributed by atoms with Gasteiger partial charge < -0.3 is 0 Å². The van der Waals surface area contributed by atoms with Crippen LogP contribution in [0.1, 0.15) is 26.7 Å². The lowest BCUT2D eigenvalue weighted by atomic mass is 9.84. The maximum Gasteiger partial charge on any atom is 0.0386 e. The smallest absolute Gasteiger partial charge is 0.0386 e. The van der Waals surface area contributed by atoms with Gasteiger partial charge in [0.05, 0.1) is 0 Å². The van der Waals surface area contributed by atoms with E-state index in [9.17, 15) is 0 Å². The fraction of sp³-hybridized carbons (Fsp3) is 0.778. The van der Waals surface area contributed by atoms with E-state index in [1.165, 1.54) is 18.6 Å². The molecule has 0 fully saturated rings. The highest BCUT2D eigenvalue weighted by Crippen LogP contribution is 2.49. The van der Waals surface area contributed by atoms with Crippen LogP contribution in [0.3, 0.4) is 0 Å². The Morgan fingerprint density at radius 2 is 2.18 bits per heavy atom. The molecule has 1 atom stereocenters. The van der Waals surface area contributed by atoms with Crippen LogP contribution >= 0.6 is 21.6 Å². The standard InChI is InChI=1S/C9H14S2/c1-6(2)9-8-4-3-7(8)5-10-11-9/h6,9H,3-5H2,1-2H3. The van der Waals surface area contributed by atoms with Crippen LogP contribution in [0.2, 0.25) is 0 Å². The van der Waals surface area contributed by atoms with E-state index in [4.69, 9.17) is 0 Å². The number of rotatable bonds is 1. The average molecular weight is 186 g/mol. The Morgan fingerprint density at radius 1 is 1.36 bits per heavy atom. The van der Waals surface area contributed by atoms with Gasteiger partial charge in [-0.2, -0.15) is 0 Å². The molecule has 0 radical (unpaired) electrons. The van der Waals surface area contributed by atoms with E-state index in [1.807, 2.05) is 0 Å². The predicted octanol–water partition coefficient (Wildman–Crippen LogP) is 3.50. The Hall–Kier alpha value is 0.440. The van der Waals surface area contributed by atoms with Crippen LogP contribution in [0, 0.1) is 5.92 Å². The van der Waals surface area contributed by atoms with Crippen molar-refractivity contribution in [3.05, 3.63) is 11.1 Å². The zero-order valence-electron chi connectivity index (χ0n) is 7.09. The SMILES string of the molecule is CC(C)C1SSCC2=C1CC2. The summed E-state index contributed by atoms with van der Waals surface area (Å²) in [4.78, 5) is 0. The third kappa shape index (κ3) is 1.35. The molecule has 0 saturated heterocycles. The van der Waals surface area contributed by atoms with Crippen LogP contribution in [0.25, 0.3) is 0 Å². The number of hydrogen-bond acceptors (Lipinski definition) is 2. The molecule has 0 bridgehead atoms. The molecule has 0 amide bonds.